The van der Waals surface area contributed by atoms with E-state index < -0.39 is 0 Å². The Kier molecular flexibility index (Phi) is 3.69. The van der Waals surface area contributed by atoms with Gasteiger partial charge in [-0.25, -0.2) is 9.97 Å². The number of oxazole rings is 1. The zero-order chi connectivity index (χ0) is 16.8. The molecule has 1 unspecified atom stereocenters. The van der Waals surface area contributed by atoms with Gasteiger partial charge in [-0.2, -0.15) is 0 Å². The molecule has 0 aliphatic heterocycles. The van der Waals surface area contributed by atoms with Crippen LogP contribution in [0.5, 0.6) is 0 Å². The number of hydrogen-bond acceptors (Lipinski definition) is 6. The predicted molar refractivity (Wildman–Crippen MR) is 98.0 cm³/mol. The van der Waals surface area contributed by atoms with Crippen LogP contribution >= 0.6 is 23.1 Å². The number of para-hydroxylation sites is 2. The average Bonchev–Trinajstić information content (AvgIpc) is 3.08. The standard InChI is InChI=1S/C17H15N3O2S2/c1-8-9(2)23-16-13(8)15(21)19-14(20-16)10(3)24-17-18-11-6-4-5-7-12(11)22-17/h4-7,10H,1-3H3,(H,19,20,21). The third kappa shape index (κ3) is 2.53. The van der Waals surface area contributed by atoms with E-state index in [1.54, 1.807) is 11.3 Å². The molecule has 5 nitrogen and oxygen atoms in total. The first kappa shape index (κ1) is 15.4. The summed E-state index contributed by atoms with van der Waals surface area (Å²) >= 11 is 3.00. The normalized spacial score (nSPS) is 13.0. The number of aryl methyl sites for hydroxylation is 2. The number of rotatable bonds is 3. The number of hydrogen-bond donors (Lipinski definition) is 1. The topological polar surface area (TPSA) is 71.8 Å². The van der Waals surface area contributed by atoms with Crippen LogP contribution in [0.2, 0.25) is 0 Å². The Morgan fingerprint density at radius 3 is 2.83 bits per heavy atom. The average molecular weight is 357 g/mol. The lowest BCUT2D eigenvalue weighted by atomic mass is 10.2. The van der Waals surface area contributed by atoms with E-state index in [4.69, 9.17) is 4.42 Å². The number of fused-ring (bicyclic) bond motifs is 2. The Balaban J connectivity index is 1.70. The summed E-state index contributed by atoms with van der Waals surface area (Å²) in [7, 11) is 0. The van der Waals surface area contributed by atoms with Gasteiger partial charge in [0.05, 0.1) is 10.6 Å². The molecule has 3 aromatic heterocycles. The molecular weight excluding hydrogens is 342 g/mol. The Morgan fingerprint density at radius 2 is 2.04 bits per heavy atom. The van der Waals surface area contributed by atoms with Crippen molar-refractivity contribution in [1.82, 2.24) is 15.0 Å². The molecule has 1 aromatic carbocycles. The van der Waals surface area contributed by atoms with Crippen molar-refractivity contribution in [3.8, 4) is 0 Å². The molecule has 7 heteroatoms. The van der Waals surface area contributed by atoms with Crippen LogP contribution in [0.15, 0.2) is 38.7 Å². The molecule has 122 valence electrons. The van der Waals surface area contributed by atoms with Crippen molar-refractivity contribution in [2.45, 2.75) is 31.2 Å². The largest absolute Gasteiger partial charge is 0.431 e. The lowest BCUT2D eigenvalue weighted by Gasteiger charge is -2.07. The first-order chi connectivity index (χ1) is 11.5. The van der Waals surface area contributed by atoms with Gasteiger partial charge in [0, 0.05) is 4.88 Å². The Hall–Kier alpha value is -2.12. The summed E-state index contributed by atoms with van der Waals surface area (Å²) in [6, 6.07) is 7.65. The Morgan fingerprint density at radius 1 is 1.25 bits per heavy atom. The fourth-order valence-corrected chi connectivity index (χ4v) is 4.42. The van der Waals surface area contributed by atoms with E-state index in [9.17, 15) is 4.79 Å². The number of thioether (sulfide) groups is 1. The molecule has 3 heterocycles. The minimum absolute atomic E-state index is 0.0714. The molecule has 0 aliphatic carbocycles. The number of aromatic nitrogens is 3. The van der Waals surface area contributed by atoms with E-state index >= 15 is 0 Å². The highest BCUT2D eigenvalue weighted by molar-refractivity contribution is 7.99. The van der Waals surface area contributed by atoms with Gasteiger partial charge >= 0.3 is 0 Å². The van der Waals surface area contributed by atoms with Crippen LogP contribution in [0, 0.1) is 13.8 Å². The van der Waals surface area contributed by atoms with Crippen LogP contribution in [0.3, 0.4) is 0 Å². The van der Waals surface area contributed by atoms with Crippen molar-refractivity contribution in [1.29, 1.82) is 0 Å². The summed E-state index contributed by atoms with van der Waals surface area (Å²) in [6.07, 6.45) is 0. The van der Waals surface area contributed by atoms with Crippen LogP contribution in [-0.2, 0) is 0 Å². The lowest BCUT2D eigenvalue weighted by Crippen LogP contribution is -2.12. The maximum absolute atomic E-state index is 12.4. The van der Waals surface area contributed by atoms with E-state index in [-0.39, 0.29) is 10.8 Å². The van der Waals surface area contributed by atoms with Gasteiger partial charge < -0.3 is 9.40 Å². The Bertz CT molecular complexity index is 1080. The molecule has 1 N–H and O–H groups in total. The second kappa shape index (κ2) is 5.75. The number of thiophene rings is 1. The summed E-state index contributed by atoms with van der Waals surface area (Å²) in [5, 5.41) is 1.20. The highest BCUT2D eigenvalue weighted by Crippen LogP contribution is 2.35. The van der Waals surface area contributed by atoms with Gasteiger partial charge in [0.1, 0.15) is 16.2 Å². The molecule has 0 saturated heterocycles. The molecule has 0 spiro atoms. The van der Waals surface area contributed by atoms with Crippen molar-refractivity contribution >= 4 is 44.4 Å². The van der Waals surface area contributed by atoms with Gasteiger partial charge in [0.15, 0.2) is 5.58 Å². The van der Waals surface area contributed by atoms with E-state index in [1.807, 2.05) is 45.0 Å². The van der Waals surface area contributed by atoms with Crippen LogP contribution in [0.1, 0.15) is 28.4 Å². The van der Waals surface area contributed by atoms with Crippen molar-refractivity contribution in [3.05, 3.63) is 50.9 Å². The van der Waals surface area contributed by atoms with Crippen molar-refractivity contribution in [2.24, 2.45) is 0 Å². The fraction of sp³-hybridized carbons (Fsp3) is 0.235. The SMILES string of the molecule is Cc1sc2nc(C(C)Sc3nc4ccccc4o3)[nH]c(=O)c2c1C. The molecule has 0 bridgehead atoms. The number of nitrogens with one attached hydrogen (secondary N) is 1. The van der Waals surface area contributed by atoms with Gasteiger partial charge in [-0.3, -0.25) is 4.79 Å². The Labute approximate surface area is 146 Å². The van der Waals surface area contributed by atoms with Gasteiger partial charge in [0.2, 0.25) is 0 Å². The molecule has 4 aromatic rings. The zero-order valence-corrected chi connectivity index (χ0v) is 15.0. The highest BCUT2D eigenvalue weighted by atomic mass is 32.2. The summed E-state index contributed by atoms with van der Waals surface area (Å²) in [4.78, 5) is 26.3. The van der Waals surface area contributed by atoms with E-state index in [1.165, 1.54) is 11.8 Å². The monoisotopic (exact) mass is 357 g/mol. The number of benzene rings is 1. The van der Waals surface area contributed by atoms with E-state index in [2.05, 4.69) is 15.0 Å². The van der Waals surface area contributed by atoms with E-state index in [0.29, 0.717) is 16.4 Å². The minimum atomic E-state index is -0.0816. The molecule has 0 amide bonds. The van der Waals surface area contributed by atoms with Crippen LogP contribution < -0.4 is 5.56 Å². The van der Waals surface area contributed by atoms with Gasteiger partial charge in [-0.15, -0.1) is 11.3 Å². The maximum atomic E-state index is 12.4. The first-order valence-electron chi connectivity index (χ1n) is 7.55. The van der Waals surface area contributed by atoms with Gasteiger partial charge in [-0.1, -0.05) is 23.9 Å². The summed E-state index contributed by atoms with van der Waals surface area (Å²) in [5.74, 6) is 0.640. The lowest BCUT2D eigenvalue weighted by molar-refractivity contribution is 0.488. The number of H-pyrrole nitrogens is 1. The summed E-state index contributed by atoms with van der Waals surface area (Å²) in [6.45, 7) is 5.95. The summed E-state index contributed by atoms with van der Waals surface area (Å²) < 4.78 is 5.74. The third-order valence-corrected chi connectivity index (χ3v) is 6.05. The third-order valence-electron chi connectivity index (χ3n) is 3.99. The van der Waals surface area contributed by atoms with Crippen LogP contribution in [0.25, 0.3) is 21.3 Å². The molecule has 0 radical (unpaired) electrons. The van der Waals surface area contributed by atoms with Gasteiger partial charge in [-0.05, 0) is 38.5 Å². The highest BCUT2D eigenvalue weighted by Gasteiger charge is 2.18. The number of aromatic amines is 1. The van der Waals surface area contributed by atoms with Crippen molar-refractivity contribution in [2.75, 3.05) is 0 Å². The molecule has 4 rings (SSSR count). The molecule has 0 saturated carbocycles. The molecule has 0 aliphatic rings. The van der Waals surface area contributed by atoms with Crippen molar-refractivity contribution in [3.63, 3.8) is 0 Å². The second-order valence-corrected chi connectivity index (χ2v) is 8.12. The first-order valence-corrected chi connectivity index (χ1v) is 9.24. The maximum Gasteiger partial charge on any atom is 0.259 e. The smallest absolute Gasteiger partial charge is 0.259 e. The minimum Gasteiger partial charge on any atom is -0.431 e. The van der Waals surface area contributed by atoms with Crippen LogP contribution in [0.4, 0.5) is 0 Å². The van der Waals surface area contributed by atoms with Gasteiger partial charge in [0.25, 0.3) is 10.8 Å². The second-order valence-electron chi connectivity index (χ2n) is 5.62. The van der Waals surface area contributed by atoms with E-state index in [0.717, 1.165) is 26.4 Å². The fourth-order valence-electron chi connectivity index (χ4n) is 2.57. The quantitative estimate of drug-likeness (QED) is 0.543. The molecule has 24 heavy (non-hydrogen) atoms. The van der Waals surface area contributed by atoms with Crippen LogP contribution in [-0.4, -0.2) is 15.0 Å². The zero-order valence-electron chi connectivity index (χ0n) is 13.4. The van der Waals surface area contributed by atoms with Crippen molar-refractivity contribution < 1.29 is 4.42 Å². The number of nitrogens with zero attached hydrogens (tertiary/aromatic N) is 2. The summed E-state index contributed by atoms with van der Waals surface area (Å²) in [5.41, 5.74) is 2.51. The molecule has 1 atom stereocenters. The molecular formula is C17H15N3O2S2. The molecule has 0 fully saturated rings. The predicted octanol–water partition coefficient (Wildman–Crippen LogP) is 4.60.